The summed E-state index contributed by atoms with van der Waals surface area (Å²) in [5.74, 6) is 1.14. The largest absolute Gasteiger partial charge is 0.435 e. The lowest BCUT2D eigenvalue weighted by atomic mass is 9.97. The molecule has 2 rings (SSSR count). The van der Waals surface area contributed by atoms with Gasteiger partial charge in [0.15, 0.2) is 0 Å². The molecule has 20 heavy (non-hydrogen) atoms. The van der Waals surface area contributed by atoms with Gasteiger partial charge < -0.3 is 15.2 Å². The molecule has 0 aliphatic heterocycles. The minimum atomic E-state index is -2.78. The summed E-state index contributed by atoms with van der Waals surface area (Å²) in [7, 11) is 0. The second-order valence-corrected chi connectivity index (χ2v) is 5.29. The lowest BCUT2D eigenvalue weighted by Crippen LogP contribution is -2.26. The van der Waals surface area contributed by atoms with Crippen molar-refractivity contribution in [1.29, 1.82) is 0 Å². The highest BCUT2D eigenvalue weighted by atomic mass is 19.3. The number of ether oxygens (including phenoxy) is 1. The van der Waals surface area contributed by atoms with Crippen molar-refractivity contribution in [3.8, 4) is 5.75 Å². The Balaban J connectivity index is 1.74. The van der Waals surface area contributed by atoms with Gasteiger partial charge in [-0.2, -0.15) is 8.78 Å². The first-order valence-corrected chi connectivity index (χ1v) is 7.04. The molecule has 0 amide bonds. The standard InChI is InChI=1S/C15H21F2NO2/c16-15(17)20-14-6-4-11(5-7-14)8-18-9-12-2-1-3-13(12)10-19/h4-7,12-13,15,18-19H,1-3,8-10H2. The van der Waals surface area contributed by atoms with Crippen molar-refractivity contribution < 1.29 is 18.6 Å². The molecule has 2 N–H and O–H groups in total. The fraction of sp³-hybridized carbons (Fsp3) is 0.600. The van der Waals surface area contributed by atoms with Crippen LogP contribution in [0.3, 0.4) is 0 Å². The molecule has 5 heteroatoms. The van der Waals surface area contributed by atoms with E-state index in [2.05, 4.69) is 10.1 Å². The average molecular weight is 285 g/mol. The number of halogens is 2. The Kier molecular flexibility index (Phi) is 5.73. The third kappa shape index (κ3) is 4.42. The zero-order valence-corrected chi connectivity index (χ0v) is 11.4. The number of hydrogen-bond donors (Lipinski definition) is 2. The fourth-order valence-electron chi connectivity index (χ4n) is 2.81. The third-order valence-corrected chi connectivity index (χ3v) is 3.94. The molecule has 2 atom stereocenters. The number of alkyl halides is 2. The normalized spacial score (nSPS) is 22.4. The van der Waals surface area contributed by atoms with E-state index in [4.69, 9.17) is 0 Å². The second-order valence-electron chi connectivity index (χ2n) is 5.29. The van der Waals surface area contributed by atoms with Crippen molar-refractivity contribution in [3.05, 3.63) is 29.8 Å². The van der Waals surface area contributed by atoms with Gasteiger partial charge in [0.25, 0.3) is 0 Å². The van der Waals surface area contributed by atoms with Crippen LogP contribution >= 0.6 is 0 Å². The first kappa shape index (κ1) is 15.2. The molecule has 1 saturated carbocycles. The summed E-state index contributed by atoms with van der Waals surface area (Å²) in [4.78, 5) is 0. The Morgan fingerprint density at radius 3 is 2.55 bits per heavy atom. The van der Waals surface area contributed by atoms with Crippen molar-refractivity contribution in [2.24, 2.45) is 11.8 Å². The van der Waals surface area contributed by atoms with Gasteiger partial charge in [-0.15, -0.1) is 0 Å². The number of benzene rings is 1. The minimum Gasteiger partial charge on any atom is -0.435 e. The lowest BCUT2D eigenvalue weighted by Gasteiger charge is -2.17. The Morgan fingerprint density at radius 2 is 1.90 bits per heavy atom. The summed E-state index contributed by atoms with van der Waals surface area (Å²) in [5.41, 5.74) is 1.03. The molecule has 3 nitrogen and oxygen atoms in total. The molecule has 1 aliphatic rings. The molecule has 0 bridgehead atoms. The van der Waals surface area contributed by atoms with E-state index in [0.717, 1.165) is 18.5 Å². The van der Waals surface area contributed by atoms with E-state index in [9.17, 15) is 13.9 Å². The highest BCUT2D eigenvalue weighted by Gasteiger charge is 2.25. The summed E-state index contributed by atoms with van der Waals surface area (Å²) in [6.07, 6.45) is 3.47. The van der Waals surface area contributed by atoms with Crippen molar-refractivity contribution >= 4 is 0 Å². The molecule has 0 aromatic heterocycles. The smallest absolute Gasteiger partial charge is 0.387 e. The molecule has 0 saturated heterocycles. The van der Waals surface area contributed by atoms with E-state index in [-0.39, 0.29) is 12.4 Å². The molecule has 0 radical (unpaired) electrons. The molecule has 1 aromatic rings. The molecule has 1 aromatic carbocycles. The highest BCUT2D eigenvalue weighted by Crippen LogP contribution is 2.30. The van der Waals surface area contributed by atoms with Crippen LogP contribution in [0.15, 0.2) is 24.3 Å². The van der Waals surface area contributed by atoms with Crippen LogP contribution in [0.2, 0.25) is 0 Å². The van der Waals surface area contributed by atoms with Gasteiger partial charge in [0.1, 0.15) is 5.75 Å². The van der Waals surface area contributed by atoms with Crippen molar-refractivity contribution in [1.82, 2.24) is 5.32 Å². The summed E-state index contributed by atoms with van der Waals surface area (Å²) in [5, 5.41) is 12.6. The van der Waals surface area contributed by atoms with Crippen LogP contribution in [0.5, 0.6) is 5.75 Å². The molecule has 0 heterocycles. The molecule has 1 fully saturated rings. The van der Waals surface area contributed by atoms with Gasteiger partial charge in [-0.05, 0) is 48.9 Å². The first-order chi connectivity index (χ1) is 9.69. The number of nitrogens with one attached hydrogen (secondary N) is 1. The zero-order valence-electron chi connectivity index (χ0n) is 11.4. The van der Waals surface area contributed by atoms with E-state index in [0.29, 0.717) is 18.4 Å². The van der Waals surface area contributed by atoms with E-state index in [1.807, 2.05) is 0 Å². The summed E-state index contributed by atoms with van der Waals surface area (Å²) in [6, 6.07) is 6.66. The van der Waals surface area contributed by atoms with Crippen molar-refractivity contribution in [2.45, 2.75) is 32.4 Å². The van der Waals surface area contributed by atoms with Crippen LogP contribution in [0.4, 0.5) is 8.78 Å². The predicted octanol–water partition coefficient (Wildman–Crippen LogP) is 2.79. The van der Waals surface area contributed by atoms with Gasteiger partial charge in [0.05, 0.1) is 0 Å². The van der Waals surface area contributed by atoms with Crippen LogP contribution in [0.25, 0.3) is 0 Å². The van der Waals surface area contributed by atoms with E-state index in [1.54, 1.807) is 24.3 Å². The molecule has 2 unspecified atom stereocenters. The lowest BCUT2D eigenvalue weighted by molar-refractivity contribution is -0.0498. The van der Waals surface area contributed by atoms with E-state index >= 15 is 0 Å². The predicted molar refractivity (Wildman–Crippen MR) is 72.7 cm³/mol. The van der Waals surface area contributed by atoms with Crippen molar-refractivity contribution in [3.63, 3.8) is 0 Å². The summed E-state index contributed by atoms with van der Waals surface area (Å²) >= 11 is 0. The fourth-order valence-corrected chi connectivity index (χ4v) is 2.81. The van der Waals surface area contributed by atoms with Gasteiger partial charge in [0, 0.05) is 13.2 Å². The number of aliphatic hydroxyl groups excluding tert-OH is 1. The topological polar surface area (TPSA) is 41.5 Å². The minimum absolute atomic E-state index is 0.180. The van der Waals surface area contributed by atoms with Gasteiger partial charge in [0.2, 0.25) is 0 Å². The summed E-state index contributed by atoms with van der Waals surface area (Å²) < 4.78 is 28.3. The molecular formula is C15H21F2NO2. The first-order valence-electron chi connectivity index (χ1n) is 7.04. The SMILES string of the molecule is OCC1CCCC1CNCc1ccc(OC(F)F)cc1. The maximum atomic E-state index is 12.0. The van der Waals surface area contributed by atoms with Gasteiger partial charge in [-0.3, -0.25) is 0 Å². The van der Waals surface area contributed by atoms with Crippen LogP contribution in [-0.4, -0.2) is 24.9 Å². The number of hydrogen-bond acceptors (Lipinski definition) is 3. The van der Waals surface area contributed by atoms with Gasteiger partial charge >= 0.3 is 6.61 Å². The van der Waals surface area contributed by atoms with E-state index < -0.39 is 6.61 Å². The molecule has 1 aliphatic carbocycles. The highest BCUT2D eigenvalue weighted by molar-refractivity contribution is 5.27. The zero-order chi connectivity index (χ0) is 14.4. The van der Waals surface area contributed by atoms with Crippen molar-refractivity contribution in [2.75, 3.05) is 13.2 Å². The Bertz CT molecular complexity index is 397. The maximum Gasteiger partial charge on any atom is 0.387 e. The molecular weight excluding hydrogens is 264 g/mol. The van der Waals surface area contributed by atoms with Gasteiger partial charge in [-0.25, -0.2) is 0 Å². The molecule has 112 valence electrons. The quantitative estimate of drug-likeness (QED) is 0.809. The van der Waals surface area contributed by atoms with Gasteiger partial charge in [-0.1, -0.05) is 18.6 Å². The van der Waals surface area contributed by atoms with Crippen LogP contribution in [-0.2, 0) is 6.54 Å². The summed E-state index contributed by atoms with van der Waals surface area (Å²) in [6.45, 7) is -0.924. The third-order valence-electron chi connectivity index (χ3n) is 3.94. The number of rotatable bonds is 7. The monoisotopic (exact) mass is 285 g/mol. The Labute approximate surface area is 117 Å². The second kappa shape index (κ2) is 7.55. The van der Waals surface area contributed by atoms with E-state index in [1.165, 1.54) is 12.8 Å². The average Bonchev–Trinajstić information content (AvgIpc) is 2.87. The Morgan fingerprint density at radius 1 is 1.20 bits per heavy atom. The Hall–Kier alpha value is -1.20. The number of aliphatic hydroxyl groups is 1. The van der Waals surface area contributed by atoms with Crippen LogP contribution < -0.4 is 10.1 Å². The van der Waals surface area contributed by atoms with Crippen LogP contribution in [0, 0.1) is 11.8 Å². The maximum absolute atomic E-state index is 12.0. The van der Waals surface area contributed by atoms with Crippen LogP contribution in [0.1, 0.15) is 24.8 Å². The molecule has 0 spiro atoms.